The molecule has 0 bridgehead atoms. The maximum atomic E-state index is 9.94. The molecule has 1 aliphatic rings. The van der Waals surface area contributed by atoms with Crippen molar-refractivity contribution in [2.75, 3.05) is 32.7 Å². The van der Waals surface area contributed by atoms with Gasteiger partial charge in [-0.15, -0.1) is 0 Å². The maximum Gasteiger partial charge on any atom is 0.0862 e. The summed E-state index contributed by atoms with van der Waals surface area (Å²) < 4.78 is 1.78. The van der Waals surface area contributed by atoms with E-state index >= 15 is 0 Å². The minimum atomic E-state index is -0.335. The van der Waals surface area contributed by atoms with E-state index in [1.54, 1.807) is 10.9 Å². The SMILES string of the molecule is O[C@H](CN1CCCNCC1)Cn1cccn1. The van der Waals surface area contributed by atoms with Gasteiger partial charge in [0.05, 0.1) is 12.6 Å². The Labute approximate surface area is 96.1 Å². The summed E-state index contributed by atoms with van der Waals surface area (Å²) in [6.07, 6.45) is 4.45. The van der Waals surface area contributed by atoms with Crippen LogP contribution < -0.4 is 5.32 Å². The van der Waals surface area contributed by atoms with Gasteiger partial charge in [-0.3, -0.25) is 9.58 Å². The number of aliphatic hydroxyl groups excluding tert-OH is 1. The van der Waals surface area contributed by atoms with Crippen LogP contribution in [0, 0.1) is 0 Å². The van der Waals surface area contributed by atoms with Gasteiger partial charge in [0.25, 0.3) is 0 Å². The van der Waals surface area contributed by atoms with Crippen molar-refractivity contribution in [3.05, 3.63) is 18.5 Å². The molecule has 1 aromatic heterocycles. The number of nitrogens with zero attached hydrogens (tertiary/aromatic N) is 3. The van der Waals surface area contributed by atoms with Crippen molar-refractivity contribution >= 4 is 0 Å². The first-order valence-corrected chi connectivity index (χ1v) is 5.93. The minimum Gasteiger partial charge on any atom is -0.390 e. The van der Waals surface area contributed by atoms with Crippen molar-refractivity contribution in [2.24, 2.45) is 0 Å². The van der Waals surface area contributed by atoms with Crippen LogP contribution in [0.15, 0.2) is 18.5 Å². The highest BCUT2D eigenvalue weighted by molar-refractivity contribution is 4.79. The Morgan fingerprint density at radius 2 is 2.25 bits per heavy atom. The number of hydrogen-bond acceptors (Lipinski definition) is 4. The lowest BCUT2D eigenvalue weighted by Gasteiger charge is -2.22. The van der Waals surface area contributed by atoms with Crippen LogP contribution in [0.3, 0.4) is 0 Å². The first-order chi connectivity index (χ1) is 7.84. The fourth-order valence-electron chi connectivity index (χ4n) is 2.06. The Balaban J connectivity index is 1.75. The van der Waals surface area contributed by atoms with Crippen LogP contribution in [0.25, 0.3) is 0 Å². The molecule has 2 N–H and O–H groups in total. The molecule has 5 nitrogen and oxygen atoms in total. The van der Waals surface area contributed by atoms with Crippen molar-refractivity contribution in [1.82, 2.24) is 20.0 Å². The second-order valence-electron chi connectivity index (χ2n) is 4.29. The van der Waals surface area contributed by atoms with Crippen molar-refractivity contribution in [3.8, 4) is 0 Å². The number of aromatic nitrogens is 2. The number of nitrogens with one attached hydrogen (secondary N) is 1. The zero-order valence-electron chi connectivity index (χ0n) is 9.55. The van der Waals surface area contributed by atoms with Crippen molar-refractivity contribution in [3.63, 3.8) is 0 Å². The molecule has 0 aromatic carbocycles. The summed E-state index contributed by atoms with van der Waals surface area (Å²) in [5.74, 6) is 0. The molecular weight excluding hydrogens is 204 g/mol. The normalized spacial score (nSPS) is 20.6. The molecule has 5 heteroatoms. The Hall–Kier alpha value is -0.910. The van der Waals surface area contributed by atoms with E-state index in [-0.39, 0.29) is 6.10 Å². The lowest BCUT2D eigenvalue weighted by atomic mass is 10.3. The quantitative estimate of drug-likeness (QED) is 0.726. The molecule has 0 saturated carbocycles. The Bertz CT molecular complexity index is 280. The van der Waals surface area contributed by atoms with Crippen LogP contribution in [-0.4, -0.2) is 58.6 Å². The van der Waals surface area contributed by atoms with Gasteiger partial charge in [0.1, 0.15) is 0 Å². The van der Waals surface area contributed by atoms with E-state index in [1.165, 1.54) is 0 Å². The Kier molecular flexibility index (Phi) is 4.33. The van der Waals surface area contributed by atoms with Gasteiger partial charge in [0, 0.05) is 32.0 Å². The molecule has 0 spiro atoms. The molecule has 0 amide bonds. The van der Waals surface area contributed by atoms with Gasteiger partial charge in [0.15, 0.2) is 0 Å². The van der Waals surface area contributed by atoms with Crippen LogP contribution >= 0.6 is 0 Å². The molecule has 1 fully saturated rings. The lowest BCUT2D eigenvalue weighted by Crippen LogP contribution is -2.37. The Morgan fingerprint density at radius 3 is 3.06 bits per heavy atom. The number of β-amino-alcohol motifs (C(OH)–C–C–N with tert-alkyl or cyclic N) is 1. The first-order valence-electron chi connectivity index (χ1n) is 5.93. The van der Waals surface area contributed by atoms with E-state index in [4.69, 9.17) is 0 Å². The topological polar surface area (TPSA) is 53.3 Å². The number of aliphatic hydroxyl groups is 1. The summed E-state index contributed by atoms with van der Waals surface area (Å²) in [5, 5.41) is 17.4. The molecule has 1 atom stereocenters. The van der Waals surface area contributed by atoms with Crippen LogP contribution in [-0.2, 0) is 6.54 Å². The third-order valence-electron chi connectivity index (χ3n) is 2.86. The molecule has 90 valence electrons. The zero-order chi connectivity index (χ0) is 11.2. The molecule has 2 heterocycles. The standard InChI is InChI=1S/C11H20N4O/c16-11(10-15-7-2-4-13-15)9-14-6-1-3-12-5-8-14/h2,4,7,11-12,16H,1,3,5-6,8-10H2/t11-/m1/s1. The van der Waals surface area contributed by atoms with E-state index in [9.17, 15) is 5.11 Å². The van der Waals surface area contributed by atoms with Crippen molar-refractivity contribution in [2.45, 2.75) is 19.1 Å². The molecule has 0 radical (unpaired) electrons. The summed E-state index contributed by atoms with van der Waals surface area (Å²) in [6, 6.07) is 1.88. The van der Waals surface area contributed by atoms with Crippen LogP contribution in [0.1, 0.15) is 6.42 Å². The highest BCUT2D eigenvalue weighted by Gasteiger charge is 2.13. The van der Waals surface area contributed by atoms with Gasteiger partial charge in [-0.2, -0.15) is 5.10 Å². The molecule has 1 aromatic rings. The predicted molar refractivity (Wildman–Crippen MR) is 62.2 cm³/mol. The van der Waals surface area contributed by atoms with Gasteiger partial charge < -0.3 is 10.4 Å². The fourth-order valence-corrected chi connectivity index (χ4v) is 2.06. The van der Waals surface area contributed by atoms with E-state index in [0.717, 1.165) is 39.1 Å². The zero-order valence-corrected chi connectivity index (χ0v) is 9.55. The summed E-state index contributed by atoms with van der Waals surface area (Å²) in [4.78, 5) is 2.31. The summed E-state index contributed by atoms with van der Waals surface area (Å²) in [5.41, 5.74) is 0. The van der Waals surface area contributed by atoms with Crippen molar-refractivity contribution in [1.29, 1.82) is 0 Å². The number of hydrogen-bond donors (Lipinski definition) is 2. The summed E-state index contributed by atoms with van der Waals surface area (Å²) >= 11 is 0. The first kappa shape index (κ1) is 11.6. The molecule has 1 aliphatic heterocycles. The molecule has 2 rings (SSSR count). The van der Waals surface area contributed by atoms with Gasteiger partial charge in [-0.05, 0) is 25.6 Å². The average molecular weight is 224 g/mol. The third-order valence-corrected chi connectivity index (χ3v) is 2.86. The average Bonchev–Trinajstić information content (AvgIpc) is 2.62. The van der Waals surface area contributed by atoms with Crippen LogP contribution in [0.5, 0.6) is 0 Å². The fraction of sp³-hybridized carbons (Fsp3) is 0.727. The maximum absolute atomic E-state index is 9.94. The summed E-state index contributed by atoms with van der Waals surface area (Å²) in [6.45, 7) is 5.53. The second kappa shape index (κ2) is 5.98. The second-order valence-corrected chi connectivity index (χ2v) is 4.29. The molecule has 1 saturated heterocycles. The van der Waals surface area contributed by atoms with Crippen LogP contribution in [0.4, 0.5) is 0 Å². The van der Waals surface area contributed by atoms with Gasteiger partial charge in [0.2, 0.25) is 0 Å². The predicted octanol–water partition coefficient (Wildman–Crippen LogP) is -0.461. The molecule has 0 aliphatic carbocycles. The highest BCUT2D eigenvalue weighted by atomic mass is 16.3. The highest BCUT2D eigenvalue weighted by Crippen LogP contribution is 1.99. The van der Waals surface area contributed by atoms with E-state index in [2.05, 4.69) is 15.3 Å². The summed E-state index contributed by atoms with van der Waals surface area (Å²) in [7, 11) is 0. The Morgan fingerprint density at radius 1 is 1.31 bits per heavy atom. The monoisotopic (exact) mass is 224 g/mol. The number of rotatable bonds is 4. The largest absolute Gasteiger partial charge is 0.390 e. The molecule has 16 heavy (non-hydrogen) atoms. The van der Waals surface area contributed by atoms with Crippen molar-refractivity contribution < 1.29 is 5.11 Å². The van der Waals surface area contributed by atoms with E-state index in [0.29, 0.717) is 6.54 Å². The van der Waals surface area contributed by atoms with E-state index < -0.39 is 0 Å². The van der Waals surface area contributed by atoms with E-state index in [1.807, 2.05) is 12.3 Å². The third kappa shape index (κ3) is 3.59. The lowest BCUT2D eigenvalue weighted by molar-refractivity contribution is 0.0979. The van der Waals surface area contributed by atoms with Gasteiger partial charge in [-0.25, -0.2) is 0 Å². The molecular formula is C11H20N4O. The van der Waals surface area contributed by atoms with Gasteiger partial charge in [-0.1, -0.05) is 0 Å². The molecule has 0 unspecified atom stereocenters. The van der Waals surface area contributed by atoms with Crippen LogP contribution in [0.2, 0.25) is 0 Å². The minimum absolute atomic E-state index is 0.335. The van der Waals surface area contributed by atoms with Gasteiger partial charge >= 0.3 is 0 Å². The smallest absolute Gasteiger partial charge is 0.0862 e.